The topological polar surface area (TPSA) is 72.9 Å². The molecule has 8 heteroatoms. The van der Waals surface area contributed by atoms with Gasteiger partial charge in [-0.15, -0.1) is 0 Å². The fourth-order valence-electron chi connectivity index (χ4n) is 3.35. The van der Waals surface area contributed by atoms with Gasteiger partial charge in [0.1, 0.15) is 12.1 Å². The van der Waals surface area contributed by atoms with Gasteiger partial charge in [0.15, 0.2) is 11.6 Å². The van der Waals surface area contributed by atoms with E-state index in [2.05, 4.69) is 0 Å². The maximum absolute atomic E-state index is 13.9. The van der Waals surface area contributed by atoms with Crippen LogP contribution in [0.2, 0.25) is 0 Å². The maximum Gasteiger partial charge on any atom is 0.324 e. The van der Waals surface area contributed by atoms with Crippen LogP contribution in [0.25, 0.3) is 0 Å². The van der Waals surface area contributed by atoms with Gasteiger partial charge < -0.3 is 9.47 Å². The Bertz CT molecular complexity index is 975. The maximum atomic E-state index is 13.9. The fraction of sp³-hybridized carbons (Fsp3) is 0.381. The highest BCUT2D eigenvalue weighted by atomic mass is 32.2. The minimum atomic E-state index is -3.96. The number of nitrogens with zero attached hydrogens (tertiary/aromatic N) is 1. The molecule has 0 amide bonds. The van der Waals surface area contributed by atoms with Gasteiger partial charge in [-0.1, -0.05) is 38.1 Å². The summed E-state index contributed by atoms with van der Waals surface area (Å²) in [6.07, 6.45) is -0.606. The average Bonchev–Trinajstić information content (AvgIpc) is 3.14. The molecule has 0 saturated carbocycles. The van der Waals surface area contributed by atoms with E-state index in [1.165, 1.54) is 37.4 Å². The van der Waals surface area contributed by atoms with Crippen LogP contribution in [-0.4, -0.2) is 44.5 Å². The number of benzene rings is 2. The van der Waals surface area contributed by atoms with Crippen LogP contribution in [0.1, 0.15) is 31.7 Å². The number of sulfonamides is 1. The summed E-state index contributed by atoms with van der Waals surface area (Å²) in [5.74, 6) is -0.943. The van der Waals surface area contributed by atoms with Crippen molar-refractivity contribution in [1.82, 2.24) is 4.31 Å². The fourth-order valence-corrected chi connectivity index (χ4v) is 4.97. The minimum Gasteiger partial charge on any atom is -0.486 e. The zero-order chi connectivity index (χ0) is 21.2. The van der Waals surface area contributed by atoms with E-state index >= 15 is 0 Å². The van der Waals surface area contributed by atoms with Crippen molar-refractivity contribution in [3.8, 4) is 5.75 Å². The third-order valence-electron chi connectivity index (χ3n) is 4.97. The normalized spacial score (nSPS) is 20.0. The van der Waals surface area contributed by atoms with Crippen LogP contribution in [0.3, 0.4) is 0 Å². The molecule has 0 bridgehead atoms. The Morgan fingerprint density at radius 3 is 2.38 bits per heavy atom. The third kappa shape index (κ3) is 4.43. The standard InChI is InChI=1S/C21H24FNO5S/c1-14(2)15-8-10-17(11-9-15)29(25,26)23-13-16(12-19(23)21(24)27-3)28-20-7-5-4-6-18(20)22/h4-11,14,16,19H,12-13H2,1-3H3. The Labute approximate surface area is 170 Å². The predicted molar refractivity (Wildman–Crippen MR) is 106 cm³/mol. The van der Waals surface area contributed by atoms with Crippen molar-refractivity contribution >= 4 is 16.0 Å². The molecular weight excluding hydrogens is 397 g/mol. The number of carbonyl (C=O) groups is 1. The molecule has 2 unspecified atom stereocenters. The van der Waals surface area contributed by atoms with Crippen LogP contribution in [0.5, 0.6) is 5.75 Å². The third-order valence-corrected chi connectivity index (χ3v) is 6.86. The number of para-hydroxylation sites is 1. The molecule has 1 heterocycles. The molecule has 0 N–H and O–H groups in total. The lowest BCUT2D eigenvalue weighted by molar-refractivity contribution is -0.144. The monoisotopic (exact) mass is 421 g/mol. The molecule has 0 radical (unpaired) electrons. The molecular formula is C21H24FNO5S. The molecule has 0 spiro atoms. The Balaban J connectivity index is 1.88. The molecule has 0 aliphatic carbocycles. The summed E-state index contributed by atoms with van der Waals surface area (Å²) < 4.78 is 51.8. The van der Waals surface area contributed by atoms with Gasteiger partial charge >= 0.3 is 5.97 Å². The highest BCUT2D eigenvalue weighted by Crippen LogP contribution is 2.31. The second-order valence-corrected chi connectivity index (χ2v) is 9.13. The highest BCUT2D eigenvalue weighted by molar-refractivity contribution is 7.89. The van der Waals surface area contributed by atoms with Gasteiger partial charge in [-0.05, 0) is 35.7 Å². The number of esters is 1. The second kappa shape index (κ2) is 8.51. The van der Waals surface area contributed by atoms with Crippen LogP contribution in [0, 0.1) is 5.82 Å². The molecule has 6 nitrogen and oxygen atoms in total. The van der Waals surface area contributed by atoms with Crippen molar-refractivity contribution in [3.05, 3.63) is 59.9 Å². The Morgan fingerprint density at radius 1 is 1.14 bits per heavy atom. The molecule has 3 rings (SSSR count). The van der Waals surface area contributed by atoms with Crippen LogP contribution in [0.15, 0.2) is 53.4 Å². The smallest absolute Gasteiger partial charge is 0.324 e. The lowest BCUT2D eigenvalue weighted by Gasteiger charge is -2.22. The van der Waals surface area contributed by atoms with Crippen LogP contribution >= 0.6 is 0 Å². The van der Waals surface area contributed by atoms with Crippen molar-refractivity contribution < 1.29 is 27.1 Å². The molecule has 1 aliphatic rings. The first-order valence-corrected chi connectivity index (χ1v) is 10.8. The van der Waals surface area contributed by atoms with Crippen molar-refractivity contribution in [2.75, 3.05) is 13.7 Å². The first-order valence-electron chi connectivity index (χ1n) is 9.35. The zero-order valence-corrected chi connectivity index (χ0v) is 17.4. The highest BCUT2D eigenvalue weighted by Gasteiger charge is 2.45. The van der Waals surface area contributed by atoms with Gasteiger partial charge in [0.05, 0.1) is 18.6 Å². The van der Waals surface area contributed by atoms with Gasteiger partial charge in [-0.25, -0.2) is 12.8 Å². The lowest BCUT2D eigenvalue weighted by atomic mass is 10.0. The number of halogens is 1. The molecule has 1 aliphatic heterocycles. The van der Waals surface area contributed by atoms with Crippen molar-refractivity contribution in [3.63, 3.8) is 0 Å². The molecule has 2 aromatic carbocycles. The first-order chi connectivity index (χ1) is 13.7. The molecule has 1 saturated heterocycles. The van der Waals surface area contributed by atoms with Crippen LogP contribution in [0.4, 0.5) is 4.39 Å². The van der Waals surface area contributed by atoms with Crippen LogP contribution < -0.4 is 4.74 Å². The van der Waals surface area contributed by atoms with E-state index < -0.39 is 34.0 Å². The van der Waals surface area contributed by atoms with E-state index in [1.54, 1.807) is 18.2 Å². The van der Waals surface area contributed by atoms with E-state index in [0.29, 0.717) is 0 Å². The lowest BCUT2D eigenvalue weighted by Crippen LogP contribution is -2.41. The minimum absolute atomic E-state index is 0.0154. The van der Waals surface area contributed by atoms with Gasteiger partial charge in [-0.3, -0.25) is 4.79 Å². The van der Waals surface area contributed by atoms with Gasteiger partial charge in [0, 0.05) is 6.42 Å². The largest absolute Gasteiger partial charge is 0.486 e. The number of methoxy groups -OCH3 is 1. The quantitative estimate of drug-likeness (QED) is 0.669. The number of rotatable bonds is 6. The summed E-state index contributed by atoms with van der Waals surface area (Å²) in [7, 11) is -2.76. The summed E-state index contributed by atoms with van der Waals surface area (Å²) in [6, 6.07) is 11.4. The summed E-state index contributed by atoms with van der Waals surface area (Å²) in [4.78, 5) is 12.3. The van der Waals surface area contributed by atoms with Crippen molar-refractivity contribution in [1.29, 1.82) is 0 Å². The average molecular weight is 421 g/mol. The van der Waals surface area contributed by atoms with E-state index in [0.717, 1.165) is 9.87 Å². The van der Waals surface area contributed by atoms with Crippen LogP contribution in [-0.2, 0) is 19.6 Å². The van der Waals surface area contributed by atoms with Gasteiger partial charge in [-0.2, -0.15) is 4.31 Å². The molecule has 2 aromatic rings. The Hall–Kier alpha value is -2.45. The summed E-state index contributed by atoms with van der Waals surface area (Å²) in [5, 5.41) is 0. The SMILES string of the molecule is COC(=O)C1CC(Oc2ccccc2F)CN1S(=O)(=O)c1ccc(C(C)C)cc1. The summed E-state index contributed by atoms with van der Waals surface area (Å²) in [5.41, 5.74) is 1.01. The van der Waals surface area contributed by atoms with E-state index in [9.17, 15) is 17.6 Å². The number of hydrogen-bond donors (Lipinski definition) is 0. The van der Waals surface area contributed by atoms with Gasteiger partial charge in [0.25, 0.3) is 0 Å². The number of carbonyl (C=O) groups excluding carboxylic acids is 1. The molecule has 2 atom stereocenters. The van der Waals surface area contributed by atoms with Crippen molar-refractivity contribution in [2.45, 2.75) is 43.2 Å². The predicted octanol–water partition coefficient (Wildman–Crippen LogP) is 3.33. The molecule has 156 valence electrons. The number of ether oxygens (including phenoxy) is 2. The van der Waals surface area contributed by atoms with Crippen molar-refractivity contribution in [2.24, 2.45) is 0 Å². The number of hydrogen-bond acceptors (Lipinski definition) is 5. The zero-order valence-electron chi connectivity index (χ0n) is 16.5. The van der Waals surface area contributed by atoms with Gasteiger partial charge in [0.2, 0.25) is 10.0 Å². The van der Waals surface area contributed by atoms with E-state index in [1.807, 2.05) is 13.8 Å². The van der Waals surface area contributed by atoms with E-state index in [4.69, 9.17) is 9.47 Å². The molecule has 29 heavy (non-hydrogen) atoms. The molecule has 1 fully saturated rings. The summed E-state index contributed by atoms with van der Waals surface area (Å²) in [6.45, 7) is 3.95. The Morgan fingerprint density at radius 2 is 1.79 bits per heavy atom. The summed E-state index contributed by atoms with van der Waals surface area (Å²) >= 11 is 0. The van der Waals surface area contributed by atoms with E-state index in [-0.39, 0.29) is 29.5 Å². The first kappa shape index (κ1) is 21.3. The molecule has 0 aromatic heterocycles. The second-order valence-electron chi connectivity index (χ2n) is 7.24. The Kier molecular flexibility index (Phi) is 6.24.